The molecular formula is C11H14ClN3O3. The minimum atomic E-state index is -0.471. The van der Waals surface area contributed by atoms with Crippen LogP contribution in [0.4, 0.5) is 5.69 Å². The largest absolute Gasteiger partial charge is 0.359 e. The second-order valence-corrected chi connectivity index (χ2v) is 4.00. The van der Waals surface area contributed by atoms with Crippen LogP contribution >= 0.6 is 11.6 Å². The third-order valence-electron chi connectivity index (χ3n) is 2.40. The van der Waals surface area contributed by atoms with Gasteiger partial charge in [-0.25, -0.2) is 0 Å². The van der Waals surface area contributed by atoms with Crippen molar-refractivity contribution >= 4 is 23.2 Å². The van der Waals surface area contributed by atoms with E-state index in [-0.39, 0.29) is 18.1 Å². The summed E-state index contributed by atoms with van der Waals surface area (Å²) < 4.78 is 0. The molecule has 0 atom stereocenters. The molecule has 18 heavy (non-hydrogen) atoms. The van der Waals surface area contributed by atoms with Crippen molar-refractivity contribution in [3.05, 3.63) is 38.9 Å². The van der Waals surface area contributed by atoms with Crippen LogP contribution in [0.1, 0.15) is 12.0 Å². The van der Waals surface area contributed by atoms with Crippen molar-refractivity contribution in [1.82, 2.24) is 10.6 Å². The molecule has 7 heteroatoms. The van der Waals surface area contributed by atoms with Crippen LogP contribution in [-0.4, -0.2) is 24.4 Å². The van der Waals surface area contributed by atoms with E-state index in [0.29, 0.717) is 23.6 Å². The number of nitro groups is 1. The fourth-order valence-electron chi connectivity index (χ4n) is 1.43. The molecule has 1 amide bonds. The summed E-state index contributed by atoms with van der Waals surface area (Å²) >= 11 is 5.92. The third kappa shape index (κ3) is 3.97. The van der Waals surface area contributed by atoms with E-state index in [0.717, 1.165) is 0 Å². The average molecular weight is 272 g/mol. The highest BCUT2D eigenvalue weighted by atomic mass is 35.5. The van der Waals surface area contributed by atoms with Gasteiger partial charge in [-0.3, -0.25) is 14.9 Å². The molecule has 0 radical (unpaired) electrons. The van der Waals surface area contributed by atoms with E-state index in [1.165, 1.54) is 12.1 Å². The zero-order valence-electron chi connectivity index (χ0n) is 9.90. The molecule has 1 aromatic rings. The minimum Gasteiger partial charge on any atom is -0.359 e. The van der Waals surface area contributed by atoms with E-state index in [9.17, 15) is 14.9 Å². The first-order chi connectivity index (χ1) is 8.56. The lowest BCUT2D eigenvalue weighted by Crippen LogP contribution is -2.24. The Morgan fingerprint density at radius 2 is 2.22 bits per heavy atom. The molecule has 0 spiro atoms. The zero-order valence-corrected chi connectivity index (χ0v) is 10.7. The Morgan fingerprint density at radius 1 is 1.50 bits per heavy atom. The molecule has 1 aromatic carbocycles. The number of nitrogens with zero attached hydrogens (tertiary/aromatic N) is 1. The molecule has 0 aliphatic rings. The summed E-state index contributed by atoms with van der Waals surface area (Å²) in [4.78, 5) is 21.3. The van der Waals surface area contributed by atoms with E-state index >= 15 is 0 Å². The molecule has 0 fully saturated rings. The molecule has 0 heterocycles. The molecule has 2 N–H and O–H groups in total. The van der Waals surface area contributed by atoms with Crippen LogP contribution in [-0.2, 0) is 11.3 Å². The molecule has 98 valence electrons. The molecule has 0 saturated heterocycles. The highest BCUT2D eigenvalue weighted by Crippen LogP contribution is 2.25. The Bertz CT molecular complexity index is 451. The standard InChI is InChI=1S/C11H14ClN3O3/c1-13-11(16)5-6-14-7-8-9(12)3-2-4-10(8)15(17)18/h2-4,14H,5-7H2,1H3,(H,13,16). The normalized spacial score (nSPS) is 10.1. The van der Waals surface area contributed by atoms with E-state index in [4.69, 9.17) is 11.6 Å². The maximum Gasteiger partial charge on any atom is 0.275 e. The highest BCUT2D eigenvalue weighted by molar-refractivity contribution is 6.31. The molecule has 0 aromatic heterocycles. The van der Waals surface area contributed by atoms with Gasteiger partial charge in [-0.1, -0.05) is 17.7 Å². The maximum atomic E-state index is 11.0. The molecule has 0 unspecified atom stereocenters. The van der Waals surface area contributed by atoms with Gasteiger partial charge in [0, 0.05) is 32.6 Å². The number of rotatable bonds is 6. The van der Waals surface area contributed by atoms with E-state index in [1.54, 1.807) is 13.1 Å². The van der Waals surface area contributed by atoms with Crippen LogP contribution < -0.4 is 10.6 Å². The Balaban J connectivity index is 2.61. The first-order valence-electron chi connectivity index (χ1n) is 5.39. The van der Waals surface area contributed by atoms with Gasteiger partial charge in [-0.05, 0) is 6.07 Å². The quantitative estimate of drug-likeness (QED) is 0.466. The number of hydrogen-bond acceptors (Lipinski definition) is 4. The Hall–Kier alpha value is -1.66. The van der Waals surface area contributed by atoms with Crippen LogP contribution in [0.25, 0.3) is 0 Å². The third-order valence-corrected chi connectivity index (χ3v) is 2.75. The second-order valence-electron chi connectivity index (χ2n) is 3.59. The van der Waals surface area contributed by atoms with Crippen LogP contribution in [0.2, 0.25) is 5.02 Å². The average Bonchev–Trinajstić information content (AvgIpc) is 2.35. The van der Waals surface area contributed by atoms with Gasteiger partial charge >= 0.3 is 0 Å². The Labute approximate surface area is 109 Å². The summed E-state index contributed by atoms with van der Waals surface area (Å²) in [5.74, 6) is -0.0869. The van der Waals surface area contributed by atoms with Crippen molar-refractivity contribution in [2.75, 3.05) is 13.6 Å². The molecular weight excluding hydrogens is 258 g/mol. The van der Waals surface area contributed by atoms with Gasteiger partial charge in [0.25, 0.3) is 5.69 Å². The topological polar surface area (TPSA) is 84.3 Å². The number of carbonyl (C=O) groups excluding carboxylic acids is 1. The van der Waals surface area contributed by atoms with E-state index < -0.39 is 4.92 Å². The van der Waals surface area contributed by atoms with Gasteiger partial charge < -0.3 is 10.6 Å². The van der Waals surface area contributed by atoms with Crippen molar-refractivity contribution < 1.29 is 9.72 Å². The predicted octanol–water partition coefficient (Wildman–Crippen LogP) is 1.47. The van der Waals surface area contributed by atoms with Gasteiger partial charge in [-0.2, -0.15) is 0 Å². The Kier molecular flexibility index (Phi) is 5.54. The first kappa shape index (κ1) is 14.4. The van der Waals surface area contributed by atoms with Gasteiger partial charge in [-0.15, -0.1) is 0 Å². The smallest absolute Gasteiger partial charge is 0.275 e. The number of carbonyl (C=O) groups is 1. The fraction of sp³-hybridized carbons (Fsp3) is 0.364. The van der Waals surface area contributed by atoms with E-state index in [2.05, 4.69) is 10.6 Å². The molecule has 1 rings (SSSR count). The highest BCUT2D eigenvalue weighted by Gasteiger charge is 2.15. The summed E-state index contributed by atoms with van der Waals surface area (Å²) in [6.07, 6.45) is 0.314. The van der Waals surface area contributed by atoms with Gasteiger partial charge in [0.2, 0.25) is 5.91 Å². The summed E-state index contributed by atoms with van der Waals surface area (Å²) in [5, 5.41) is 16.6. The van der Waals surface area contributed by atoms with Crippen LogP contribution in [0.3, 0.4) is 0 Å². The Morgan fingerprint density at radius 3 is 2.83 bits per heavy atom. The maximum absolute atomic E-state index is 11.0. The number of hydrogen-bond donors (Lipinski definition) is 2. The molecule has 0 bridgehead atoms. The van der Waals surface area contributed by atoms with Gasteiger partial charge in [0.1, 0.15) is 0 Å². The predicted molar refractivity (Wildman–Crippen MR) is 68.5 cm³/mol. The van der Waals surface area contributed by atoms with Crippen molar-refractivity contribution in [3.8, 4) is 0 Å². The second kappa shape index (κ2) is 6.93. The zero-order chi connectivity index (χ0) is 13.5. The monoisotopic (exact) mass is 271 g/mol. The summed E-state index contributed by atoms with van der Waals surface area (Å²) in [5.41, 5.74) is 0.413. The lowest BCUT2D eigenvalue weighted by atomic mass is 10.2. The van der Waals surface area contributed by atoms with Crippen molar-refractivity contribution in [1.29, 1.82) is 0 Å². The minimum absolute atomic E-state index is 0.0186. The lowest BCUT2D eigenvalue weighted by Gasteiger charge is -2.07. The van der Waals surface area contributed by atoms with Crippen LogP contribution in [0.5, 0.6) is 0 Å². The number of amides is 1. The van der Waals surface area contributed by atoms with E-state index in [1.807, 2.05) is 0 Å². The number of benzene rings is 1. The van der Waals surface area contributed by atoms with Crippen LogP contribution in [0.15, 0.2) is 18.2 Å². The van der Waals surface area contributed by atoms with Gasteiger partial charge in [0.05, 0.1) is 15.5 Å². The van der Waals surface area contributed by atoms with Crippen LogP contribution in [0, 0.1) is 10.1 Å². The van der Waals surface area contributed by atoms with Gasteiger partial charge in [0.15, 0.2) is 0 Å². The fourth-order valence-corrected chi connectivity index (χ4v) is 1.67. The number of nitro benzene ring substituents is 1. The molecule has 6 nitrogen and oxygen atoms in total. The summed E-state index contributed by atoms with van der Waals surface area (Å²) in [6, 6.07) is 4.54. The summed E-state index contributed by atoms with van der Waals surface area (Å²) in [6.45, 7) is 0.690. The summed E-state index contributed by atoms with van der Waals surface area (Å²) in [7, 11) is 1.56. The lowest BCUT2D eigenvalue weighted by molar-refractivity contribution is -0.385. The van der Waals surface area contributed by atoms with Crippen molar-refractivity contribution in [2.24, 2.45) is 0 Å². The van der Waals surface area contributed by atoms with Crippen molar-refractivity contribution in [2.45, 2.75) is 13.0 Å². The molecule has 0 aliphatic heterocycles. The number of halogens is 1. The first-order valence-corrected chi connectivity index (χ1v) is 5.77. The van der Waals surface area contributed by atoms with Crippen molar-refractivity contribution in [3.63, 3.8) is 0 Å². The molecule has 0 saturated carbocycles. The number of nitrogens with one attached hydrogen (secondary N) is 2. The SMILES string of the molecule is CNC(=O)CCNCc1c(Cl)cccc1[N+](=O)[O-]. The molecule has 0 aliphatic carbocycles.